The van der Waals surface area contributed by atoms with Crippen molar-refractivity contribution in [3.05, 3.63) is 35.4 Å². The van der Waals surface area contributed by atoms with Gasteiger partial charge in [-0.1, -0.05) is 0 Å². The largest absolute Gasteiger partial charge is 0.389 e. The van der Waals surface area contributed by atoms with E-state index < -0.39 is 17.2 Å². The van der Waals surface area contributed by atoms with Crippen molar-refractivity contribution < 1.29 is 13.9 Å². The van der Waals surface area contributed by atoms with Gasteiger partial charge in [-0.15, -0.1) is 0 Å². The highest BCUT2D eigenvalue weighted by atomic mass is 19.1. The Hall–Kier alpha value is -1.00. The van der Waals surface area contributed by atoms with E-state index in [4.69, 9.17) is 0 Å². The topological polar surface area (TPSA) is 23.5 Å². The van der Waals surface area contributed by atoms with Gasteiger partial charge in [-0.3, -0.25) is 0 Å². The van der Waals surface area contributed by atoms with Gasteiger partial charge in [-0.25, -0.2) is 8.78 Å². The molecule has 0 amide bonds. The molecule has 0 spiro atoms. The molecule has 2 atom stereocenters. The van der Waals surface area contributed by atoms with Gasteiger partial charge in [-0.05, 0) is 56.0 Å². The molecule has 2 heterocycles. The lowest BCUT2D eigenvalue weighted by atomic mass is 9.82. The van der Waals surface area contributed by atoms with Crippen LogP contribution in [0.15, 0.2) is 18.2 Å². The zero-order chi connectivity index (χ0) is 13.5. The summed E-state index contributed by atoms with van der Waals surface area (Å²) < 4.78 is 26.9. The van der Waals surface area contributed by atoms with Gasteiger partial charge in [0.25, 0.3) is 0 Å². The van der Waals surface area contributed by atoms with Crippen molar-refractivity contribution in [3.63, 3.8) is 0 Å². The van der Waals surface area contributed by atoms with Gasteiger partial charge in [0.1, 0.15) is 11.6 Å². The Bertz CT molecular complexity index is 479. The number of hydrogen-bond acceptors (Lipinski definition) is 2. The summed E-state index contributed by atoms with van der Waals surface area (Å²) in [4.78, 5) is 2.40. The molecule has 1 aromatic carbocycles. The minimum atomic E-state index is -0.889. The second-order valence-electron chi connectivity index (χ2n) is 5.92. The van der Waals surface area contributed by atoms with Crippen molar-refractivity contribution in [2.75, 3.05) is 13.1 Å². The molecule has 4 heteroatoms. The SMILES string of the molecule is OC1(Cc2cc(F)ccc2F)CCN2CCCC2C1. The molecule has 0 radical (unpaired) electrons. The van der Waals surface area contributed by atoms with Gasteiger partial charge in [0, 0.05) is 19.0 Å². The van der Waals surface area contributed by atoms with E-state index >= 15 is 0 Å². The van der Waals surface area contributed by atoms with Crippen LogP contribution in [-0.4, -0.2) is 34.7 Å². The normalized spacial score (nSPS) is 31.4. The smallest absolute Gasteiger partial charge is 0.126 e. The first-order valence-electron chi connectivity index (χ1n) is 6.96. The summed E-state index contributed by atoms with van der Waals surface area (Å²) in [5, 5.41) is 10.7. The van der Waals surface area contributed by atoms with Crippen LogP contribution >= 0.6 is 0 Å². The third kappa shape index (κ3) is 2.65. The summed E-state index contributed by atoms with van der Waals surface area (Å²) in [6, 6.07) is 3.87. The van der Waals surface area contributed by atoms with Gasteiger partial charge in [-0.2, -0.15) is 0 Å². The maximum absolute atomic E-state index is 13.7. The van der Waals surface area contributed by atoms with E-state index in [0.717, 1.165) is 31.6 Å². The minimum Gasteiger partial charge on any atom is -0.389 e. The molecule has 1 N–H and O–H groups in total. The summed E-state index contributed by atoms with van der Waals surface area (Å²) in [6.45, 7) is 1.97. The maximum atomic E-state index is 13.7. The highest BCUT2D eigenvalue weighted by Gasteiger charge is 2.40. The maximum Gasteiger partial charge on any atom is 0.126 e. The Balaban J connectivity index is 1.76. The van der Waals surface area contributed by atoms with E-state index in [0.29, 0.717) is 18.9 Å². The fourth-order valence-corrected chi connectivity index (χ4v) is 3.51. The standard InChI is InChI=1S/C15H19F2NO/c16-12-3-4-14(17)11(8-12)9-15(19)5-7-18-6-1-2-13(18)10-15/h3-4,8,13,19H,1-2,5-7,9-10H2. The fourth-order valence-electron chi connectivity index (χ4n) is 3.51. The van der Waals surface area contributed by atoms with Crippen LogP contribution < -0.4 is 0 Å². The van der Waals surface area contributed by atoms with Crippen LogP contribution in [0.4, 0.5) is 8.78 Å². The van der Waals surface area contributed by atoms with Gasteiger partial charge in [0.15, 0.2) is 0 Å². The van der Waals surface area contributed by atoms with Crippen molar-refractivity contribution in [1.82, 2.24) is 4.90 Å². The molecule has 2 unspecified atom stereocenters. The lowest BCUT2D eigenvalue weighted by Gasteiger charge is -2.41. The van der Waals surface area contributed by atoms with Crippen molar-refractivity contribution in [3.8, 4) is 0 Å². The molecule has 0 aromatic heterocycles. The van der Waals surface area contributed by atoms with E-state index in [1.165, 1.54) is 12.5 Å². The van der Waals surface area contributed by atoms with E-state index in [2.05, 4.69) is 4.90 Å². The highest BCUT2D eigenvalue weighted by molar-refractivity contribution is 5.21. The summed E-state index contributed by atoms with van der Waals surface area (Å²) >= 11 is 0. The zero-order valence-corrected chi connectivity index (χ0v) is 10.9. The number of benzene rings is 1. The van der Waals surface area contributed by atoms with Crippen molar-refractivity contribution in [2.45, 2.75) is 43.7 Å². The monoisotopic (exact) mass is 267 g/mol. The van der Waals surface area contributed by atoms with Crippen LogP contribution in [0, 0.1) is 11.6 Å². The number of halogens is 2. The molecule has 0 bridgehead atoms. The molecule has 2 aliphatic rings. The summed E-state index contributed by atoms with van der Waals surface area (Å²) in [5.74, 6) is -0.873. The quantitative estimate of drug-likeness (QED) is 0.890. The molecule has 1 aromatic rings. The number of piperidine rings is 1. The summed E-state index contributed by atoms with van der Waals surface area (Å²) in [5.41, 5.74) is -0.603. The second-order valence-corrected chi connectivity index (χ2v) is 5.92. The lowest BCUT2D eigenvalue weighted by molar-refractivity contribution is -0.0359. The molecular weight excluding hydrogens is 248 g/mol. The van der Waals surface area contributed by atoms with E-state index in [-0.39, 0.29) is 12.0 Å². The lowest BCUT2D eigenvalue weighted by Crippen LogP contribution is -2.48. The Morgan fingerprint density at radius 3 is 3.00 bits per heavy atom. The molecule has 2 saturated heterocycles. The average molecular weight is 267 g/mol. The second kappa shape index (κ2) is 4.84. The van der Waals surface area contributed by atoms with Crippen LogP contribution in [0.25, 0.3) is 0 Å². The van der Waals surface area contributed by atoms with Crippen LogP contribution in [0.3, 0.4) is 0 Å². The van der Waals surface area contributed by atoms with Crippen LogP contribution in [-0.2, 0) is 6.42 Å². The third-order valence-electron chi connectivity index (χ3n) is 4.51. The first-order valence-corrected chi connectivity index (χ1v) is 6.96. The molecule has 3 rings (SSSR count). The van der Waals surface area contributed by atoms with Crippen LogP contribution in [0.2, 0.25) is 0 Å². The molecular formula is C15H19F2NO. The Kier molecular flexibility index (Phi) is 3.31. The summed E-state index contributed by atoms with van der Waals surface area (Å²) in [7, 11) is 0. The predicted octanol–water partition coefficient (Wildman–Crippen LogP) is 2.50. The molecule has 19 heavy (non-hydrogen) atoms. The molecule has 2 nitrogen and oxygen atoms in total. The zero-order valence-electron chi connectivity index (χ0n) is 10.9. The van der Waals surface area contributed by atoms with Crippen LogP contribution in [0.1, 0.15) is 31.2 Å². The van der Waals surface area contributed by atoms with Gasteiger partial charge in [0.05, 0.1) is 5.60 Å². The summed E-state index contributed by atoms with van der Waals surface area (Å²) in [6.07, 6.45) is 3.80. The van der Waals surface area contributed by atoms with Gasteiger partial charge >= 0.3 is 0 Å². The highest BCUT2D eigenvalue weighted by Crippen LogP contribution is 2.35. The Labute approximate surface area is 112 Å². The number of hydrogen-bond donors (Lipinski definition) is 1. The van der Waals surface area contributed by atoms with Crippen molar-refractivity contribution in [1.29, 1.82) is 0 Å². The number of fused-ring (bicyclic) bond motifs is 1. The first kappa shape index (κ1) is 13.0. The number of nitrogens with zero attached hydrogens (tertiary/aromatic N) is 1. The average Bonchev–Trinajstić information content (AvgIpc) is 2.80. The molecule has 2 fully saturated rings. The van der Waals surface area contributed by atoms with E-state index in [9.17, 15) is 13.9 Å². The number of rotatable bonds is 2. The third-order valence-corrected chi connectivity index (χ3v) is 4.51. The Morgan fingerprint density at radius 2 is 2.16 bits per heavy atom. The van der Waals surface area contributed by atoms with Gasteiger partial charge < -0.3 is 10.0 Å². The predicted molar refractivity (Wildman–Crippen MR) is 68.8 cm³/mol. The van der Waals surface area contributed by atoms with Gasteiger partial charge in [0.2, 0.25) is 0 Å². The minimum absolute atomic E-state index is 0.209. The van der Waals surface area contributed by atoms with E-state index in [1.807, 2.05) is 0 Å². The van der Waals surface area contributed by atoms with E-state index in [1.54, 1.807) is 0 Å². The molecule has 0 aliphatic carbocycles. The molecule has 2 aliphatic heterocycles. The van der Waals surface area contributed by atoms with Crippen molar-refractivity contribution in [2.24, 2.45) is 0 Å². The van der Waals surface area contributed by atoms with Crippen LogP contribution in [0.5, 0.6) is 0 Å². The fraction of sp³-hybridized carbons (Fsp3) is 0.600. The molecule has 104 valence electrons. The Morgan fingerprint density at radius 1 is 1.32 bits per heavy atom. The first-order chi connectivity index (χ1) is 9.06. The van der Waals surface area contributed by atoms with Crippen molar-refractivity contribution >= 4 is 0 Å². The number of aliphatic hydroxyl groups is 1. The molecule has 0 saturated carbocycles.